The van der Waals surface area contributed by atoms with Gasteiger partial charge in [0.05, 0.1) is 19.1 Å². The fraction of sp³-hybridized carbons (Fsp3) is 0.462. The Labute approximate surface area is 204 Å². The lowest BCUT2D eigenvalue weighted by atomic mass is 9.87. The van der Waals surface area contributed by atoms with Crippen LogP contribution >= 0.6 is 0 Å². The Kier molecular flexibility index (Phi) is 6.42. The highest BCUT2D eigenvalue weighted by Crippen LogP contribution is 2.47. The highest BCUT2D eigenvalue weighted by atomic mass is 16.6. The number of nitro benzene ring substituents is 1. The van der Waals surface area contributed by atoms with Crippen LogP contribution in [0.1, 0.15) is 67.4 Å². The summed E-state index contributed by atoms with van der Waals surface area (Å²) in [4.78, 5) is 26.7. The number of hydrogen-bond acceptors (Lipinski definition) is 7. The zero-order valence-electron chi connectivity index (χ0n) is 20.1. The molecule has 1 saturated heterocycles. The monoisotopic (exact) mass is 478 g/mol. The first-order valence-electron chi connectivity index (χ1n) is 12.1. The molecule has 2 atom stereocenters. The van der Waals surface area contributed by atoms with E-state index in [4.69, 9.17) is 14.6 Å². The normalized spacial score (nSPS) is 22.3. The molecule has 2 fully saturated rings. The Morgan fingerprint density at radius 1 is 1.00 bits per heavy atom. The van der Waals surface area contributed by atoms with E-state index in [2.05, 4.69) is 4.90 Å². The van der Waals surface area contributed by atoms with Crippen LogP contribution in [0.2, 0.25) is 0 Å². The van der Waals surface area contributed by atoms with Crippen molar-refractivity contribution in [3.05, 3.63) is 63.2 Å². The maximum absolute atomic E-state index is 13.6. The second-order valence-corrected chi connectivity index (χ2v) is 9.30. The largest absolute Gasteiger partial charge is 0.493 e. The van der Waals surface area contributed by atoms with Crippen molar-refractivity contribution in [1.29, 1.82) is 0 Å². The molecule has 1 amide bonds. The zero-order chi connectivity index (χ0) is 24.5. The maximum atomic E-state index is 13.6. The molecule has 2 heterocycles. The Morgan fingerprint density at radius 3 is 2.34 bits per heavy atom. The first-order valence-corrected chi connectivity index (χ1v) is 12.1. The predicted molar refractivity (Wildman–Crippen MR) is 131 cm³/mol. The molecule has 1 aliphatic carbocycles. The molecule has 35 heavy (non-hydrogen) atoms. The van der Waals surface area contributed by atoms with E-state index in [1.807, 2.05) is 12.1 Å². The van der Waals surface area contributed by atoms with Gasteiger partial charge < -0.3 is 9.47 Å². The van der Waals surface area contributed by atoms with Crippen molar-refractivity contribution in [3.63, 3.8) is 0 Å². The number of nitrogens with zero attached hydrogens (tertiary/aromatic N) is 4. The standard InChI is InChI=1S/C26H30N4O5/c1-34-23-14-18-12-13-28-22(21(18)15-24(23)35-2)16-25(31)29(27-19-6-4-3-5-7-19)26(28)17-8-10-20(11-9-17)30(32)33/h8-11,14-15,22,26H,3-7,12-13,16H2,1-2H3/t22-,26-/m1/s1. The molecule has 2 aromatic carbocycles. The van der Waals surface area contributed by atoms with Crippen LogP contribution in [0.25, 0.3) is 0 Å². The number of carbonyl (C=O) groups excluding carboxylic acids is 1. The van der Waals surface area contributed by atoms with Crippen LogP contribution in [0, 0.1) is 10.1 Å². The van der Waals surface area contributed by atoms with Gasteiger partial charge in [0.15, 0.2) is 11.5 Å². The first-order chi connectivity index (χ1) is 17.0. The van der Waals surface area contributed by atoms with Crippen LogP contribution in [0.3, 0.4) is 0 Å². The van der Waals surface area contributed by atoms with E-state index in [9.17, 15) is 14.9 Å². The van der Waals surface area contributed by atoms with Gasteiger partial charge in [-0.3, -0.25) is 19.8 Å². The van der Waals surface area contributed by atoms with Gasteiger partial charge in [-0.25, -0.2) is 5.01 Å². The number of non-ortho nitro benzene ring substituents is 1. The van der Waals surface area contributed by atoms with Crippen molar-refractivity contribution in [3.8, 4) is 11.5 Å². The number of nitro groups is 1. The smallest absolute Gasteiger partial charge is 0.269 e. The summed E-state index contributed by atoms with van der Waals surface area (Å²) < 4.78 is 11.0. The van der Waals surface area contributed by atoms with E-state index in [1.165, 1.54) is 18.6 Å². The lowest BCUT2D eigenvalue weighted by Crippen LogP contribution is -2.52. The predicted octanol–water partition coefficient (Wildman–Crippen LogP) is 4.76. The number of rotatable bonds is 5. The number of hydrazone groups is 1. The van der Waals surface area contributed by atoms with Gasteiger partial charge in [-0.05, 0) is 73.1 Å². The highest BCUT2D eigenvalue weighted by Gasteiger charge is 2.44. The molecular formula is C26H30N4O5. The van der Waals surface area contributed by atoms with Gasteiger partial charge in [-0.2, -0.15) is 5.10 Å². The summed E-state index contributed by atoms with van der Waals surface area (Å²) in [5, 5.41) is 17.7. The van der Waals surface area contributed by atoms with Crippen molar-refractivity contribution in [2.24, 2.45) is 5.10 Å². The van der Waals surface area contributed by atoms with E-state index < -0.39 is 11.1 Å². The Balaban J connectivity index is 1.58. The van der Waals surface area contributed by atoms with Crippen LogP contribution in [-0.2, 0) is 11.2 Å². The summed E-state index contributed by atoms with van der Waals surface area (Å²) in [6, 6.07) is 10.3. The van der Waals surface area contributed by atoms with Gasteiger partial charge >= 0.3 is 0 Å². The summed E-state index contributed by atoms with van der Waals surface area (Å²) in [6.07, 6.45) is 5.83. The number of ether oxygens (including phenoxy) is 2. The Bertz CT molecular complexity index is 1160. The lowest BCUT2D eigenvalue weighted by molar-refractivity contribution is -0.384. The summed E-state index contributed by atoms with van der Waals surface area (Å²) in [6.45, 7) is 0.726. The Hall–Kier alpha value is -3.46. The molecule has 3 aliphatic rings. The van der Waals surface area contributed by atoms with Crippen molar-refractivity contribution in [1.82, 2.24) is 9.91 Å². The van der Waals surface area contributed by atoms with Gasteiger partial charge in [0.1, 0.15) is 6.17 Å². The van der Waals surface area contributed by atoms with Crippen molar-refractivity contribution >= 4 is 17.3 Å². The van der Waals surface area contributed by atoms with Crippen molar-refractivity contribution in [2.45, 2.75) is 57.2 Å². The second kappa shape index (κ2) is 9.65. The average Bonchev–Trinajstić information content (AvgIpc) is 2.89. The molecule has 1 saturated carbocycles. The van der Waals surface area contributed by atoms with Gasteiger partial charge in [0.2, 0.25) is 5.91 Å². The van der Waals surface area contributed by atoms with Crippen LogP contribution in [0.4, 0.5) is 5.69 Å². The van der Waals surface area contributed by atoms with Crippen LogP contribution in [0.15, 0.2) is 41.5 Å². The summed E-state index contributed by atoms with van der Waals surface area (Å²) in [5.74, 6) is 1.27. The van der Waals surface area contributed by atoms with E-state index in [-0.39, 0.29) is 17.6 Å². The van der Waals surface area contributed by atoms with Crippen LogP contribution in [-0.4, -0.2) is 47.2 Å². The highest BCUT2D eigenvalue weighted by molar-refractivity contribution is 5.87. The summed E-state index contributed by atoms with van der Waals surface area (Å²) >= 11 is 0. The average molecular weight is 479 g/mol. The number of methoxy groups -OCH3 is 2. The third-order valence-electron chi connectivity index (χ3n) is 7.30. The SMILES string of the molecule is COc1cc2c(cc1OC)[C@H]1CC(=O)N(N=C3CCCCC3)[C@H](c3ccc([N+](=O)[O-])cc3)N1CC2. The molecule has 0 spiro atoms. The summed E-state index contributed by atoms with van der Waals surface area (Å²) in [7, 11) is 3.23. The number of fused-ring (bicyclic) bond motifs is 3. The Morgan fingerprint density at radius 2 is 1.69 bits per heavy atom. The second-order valence-electron chi connectivity index (χ2n) is 9.30. The third-order valence-corrected chi connectivity index (χ3v) is 7.30. The fourth-order valence-electron chi connectivity index (χ4n) is 5.53. The molecule has 2 aliphatic heterocycles. The molecule has 0 unspecified atom stereocenters. The molecule has 184 valence electrons. The number of amides is 1. The first kappa shape index (κ1) is 23.3. The van der Waals surface area contributed by atoms with E-state index >= 15 is 0 Å². The number of benzene rings is 2. The molecule has 9 nitrogen and oxygen atoms in total. The van der Waals surface area contributed by atoms with Crippen LogP contribution < -0.4 is 9.47 Å². The van der Waals surface area contributed by atoms with Gasteiger partial charge in [0, 0.05) is 36.9 Å². The number of hydrogen-bond donors (Lipinski definition) is 0. The minimum atomic E-state index is -0.433. The maximum Gasteiger partial charge on any atom is 0.269 e. The topological polar surface area (TPSA) is 97.5 Å². The molecule has 0 bridgehead atoms. The molecular weight excluding hydrogens is 448 g/mol. The van der Waals surface area contributed by atoms with Gasteiger partial charge in [-0.15, -0.1) is 0 Å². The number of carbonyl (C=O) groups is 1. The molecule has 9 heteroatoms. The quantitative estimate of drug-likeness (QED) is 0.454. The molecule has 0 N–H and O–H groups in total. The minimum Gasteiger partial charge on any atom is -0.493 e. The minimum absolute atomic E-state index is 0.0263. The zero-order valence-corrected chi connectivity index (χ0v) is 20.1. The van der Waals surface area contributed by atoms with E-state index in [0.717, 1.165) is 61.1 Å². The molecule has 5 rings (SSSR count). The van der Waals surface area contributed by atoms with E-state index in [0.29, 0.717) is 17.9 Å². The van der Waals surface area contributed by atoms with Gasteiger partial charge in [0.25, 0.3) is 5.69 Å². The third kappa shape index (κ3) is 4.36. The van der Waals surface area contributed by atoms with Crippen LogP contribution in [0.5, 0.6) is 11.5 Å². The lowest BCUT2D eigenvalue weighted by Gasteiger charge is -2.49. The van der Waals surface area contributed by atoms with Crippen molar-refractivity contribution in [2.75, 3.05) is 20.8 Å². The molecule has 0 radical (unpaired) electrons. The molecule has 2 aromatic rings. The fourth-order valence-corrected chi connectivity index (χ4v) is 5.53. The molecule has 0 aromatic heterocycles. The van der Waals surface area contributed by atoms with E-state index in [1.54, 1.807) is 31.4 Å². The van der Waals surface area contributed by atoms with Gasteiger partial charge in [-0.1, -0.05) is 6.42 Å². The van der Waals surface area contributed by atoms with Crippen molar-refractivity contribution < 1.29 is 19.2 Å². The summed E-state index contributed by atoms with van der Waals surface area (Å²) in [5.41, 5.74) is 4.10.